The third kappa shape index (κ3) is 2.79. The number of piperazine rings is 1. The number of halogens is 2. The molecule has 20 heavy (non-hydrogen) atoms. The van der Waals surface area contributed by atoms with E-state index < -0.39 is 0 Å². The smallest absolute Gasteiger partial charge is 0.0640 e. The summed E-state index contributed by atoms with van der Waals surface area (Å²) >= 11 is 12.6. The first-order valence-electron chi connectivity index (χ1n) is 7.56. The van der Waals surface area contributed by atoms with E-state index in [-0.39, 0.29) is 5.54 Å². The first-order valence-corrected chi connectivity index (χ1v) is 8.32. The molecule has 2 fully saturated rings. The van der Waals surface area contributed by atoms with Crippen LogP contribution >= 0.6 is 23.2 Å². The van der Waals surface area contributed by atoms with Gasteiger partial charge >= 0.3 is 0 Å². The maximum absolute atomic E-state index is 6.40. The minimum absolute atomic E-state index is 0.274. The lowest BCUT2D eigenvalue weighted by Gasteiger charge is -2.50. The molecular weight excluding hydrogens is 291 g/mol. The van der Waals surface area contributed by atoms with E-state index in [1.807, 2.05) is 18.2 Å². The van der Waals surface area contributed by atoms with Crippen LogP contribution in [0.3, 0.4) is 0 Å². The second-order valence-corrected chi connectivity index (χ2v) is 7.14. The first-order chi connectivity index (χ1) is 9.60. The van der Waals surface area contributed by atoms with Crippen LogP contribution in [0.15, 0.2) is 18.2 Å². The van der Waals surface area contributed by atoms with Gasteiger partial charge in [-0.25, -0.2) is 0 Å². The van der Waals surface area contributed by atoms with Crippen molar-refractivity contribution in [1.29, 1.82) is 0 Å². The molecule has 2 nitrogen and oxygen atoms in total. The topological polar surface area (TPSA) is 15.3 Å². The summed E-state index contributed by atoms with van der Waals surface area (Å²) in [6.07, 6.45) is 6.58. The minimum atomic E-state index is 0.274. The zero-order chi connectivity index (χ0) is 14.2. The summed E-state index contributed by atoms with van der Waals surface area (Å²) < 4.78 is 0. The van der Waals surface area contributed by atoms with Crippen LogP contribution in [-0.2, 0) is 0 Å². The van der Waals surface area contributed by atoms with Gasteiger partial charge in [0, 0.05) is 29.7 Å². The predicted octanol–water partition coefficient (Wildman–Crippen LogP) is 4.49. The van der Waals surface area contributed by atoms with Crippen molar-refractivity contribution in [2.75, 3.05) is 18.0 Å². The lowest BCUT2D eigenvalue weighted by molar-refractivity contribution is 0.200. The molecule has 1 saturated carbocycles. The minimum Gasteiger partial charge on any atom is -0.364 e. The summed E-state index contributed by atoms with van der Waals surface area (Å²) in [6.45, 7) is 4.30. The molecular formula is C16H22Cl2N2. The van der Waals surface area contributed by atoms with Crippen molar-refractivity contribution < 1.29 is 0 Å². The van der Waals surface area contributed by atoms with Gasteiger partial charge in [0.1, 0.15) is 0 Å². The van der Waals surface area contributed by atoms with Crippen LogP contribution in [-0.4, -0.2) is 24.7 Å². The van der Waals surface area contributed by atoms with E-state index in [2.05, 4.69) is 17.1 Å². The van der Waals surface area contributed by atoms with Crippen molar-refractivity contribution >= 4 is 28.9 Å². The highest BCUT2D eigenvalue weighted by Crippen LogP contribution is 2.37. The molecule has 3 rings (SSSR count). The number of rotatable bonds is 1. The molecule has 1 aromatic carbocycles. The van der Waals surface area contributed by atoms with Crippen molar-refractivity contribution in [2.45, 2.75) is 50.6 Å². The zero-order valence-corrected chi connectivity index (χ0v) is 13.5. The van der Waals surface area contributed by atoms with Crippen LogP contribution in [0.2, 0.25) is 10.0 Å². The molecule has 1 aliphatic carbocycles. The van der Waals surface area contributed by atoms with Gasteiger partial charge in [-0.2, -0.15) is 0 Å². The Morgan fingerprint density at radius 3 is 2.70 bits per heavy atom. The van der Waals surface area contributed by atoms with Crippen molar-refractivity contribution in [2.24, 2.45) is 0 Å². The maximum Gasteiger partial charge on any atom is 0.0640 e. The molecule has 0 radical (unpaired) electrons. The van der Waals surface area contributed by atoms with Gasteiger partial charge in [0.25, 0.3) is 0 Å². The third-order valence-electron chi connectivity index (χ3n) is 4.81. The van der Waals surface area contributed by atoms with E-state index in [4.69, 9.17) is 23.2 Å². The van der Waals surface area contributed by atoms with Crippen molar-refractivity contribution in [3.63, 3.8) is 0 Å². The lowest BCUT2D eigenvalue weighted by Crippen LogP contribution is -2.64. The lowest BCUT2D eigenvalue weighted by atomic mass is 9.79. The monoisotopic (exact) mass is 312 g/mol. The second kappa shape index (κ2) is 5.75. The fraction of sp³-hybridized carbons (Fsp3) is 0.625. The Kier molecular flexibility index (Phi) is 4.16. The SMILES string of the molecule is CC1CNC2(CCCCC2)CN1c1cc(Cl)ccc1Cl. The summed E-state index contributed by atoms with van der Waals surface area (Å²) in [6, 6.07) is 6.21. The van der Waals surface area contributed by atoms with Gasteiger partial charge in [0.15, 0.2) is 0 Å². The van der Waals surface area contributed by atoms with Crippen LogP contribution < -0.4 is 10.2 Å². The molecule has 1 saturated heterocycles. The Hall–Kier alpha value is -0.440. The molecule has 0 aromatic heterocycles. The zero-order valence-electron chi connectivity index (χ0n) is 12.0. The predicted molar refractivity (Wildman–Crippen MR) is 87.1 cm³/mol. The molecule has 1 N–H and O–H groups in total. The highest BCUT2D eigenvalue weighted by molar-refractivity contribution is 6.35. The van der Waals surface area contributed by atoms with Crippen LogP contribution in [0.1, 0.15) is 39.0 Å². The molecule has 1 aromatic rings. The van der Waals surface area contributed by atoms with Crippen LogP contribution in [0.5, 0.6) is 0 Å². The van der Waals surface area contributed by atoms with E-state index in [1.165, 1.54) is 32.1 Å². The fourth-order valence-electron chi connectivity index (χ4n) is 3.60. The number of hydrogen-bond acceptors (Lipinski definition) is 2. The van der Waals surface area contributed by atoms with E-state index >= 15 is 0 Å². The second-order valence-electron chi connectivity index (χ2n) is 6.29. The summed E-state index contributed by atoms with van der Waals surface area (Å²) in [4.78, 5) is 2.44. The molecule has 2 aliphatic rings. The molecule has 1 spiro atoms. The molecule has 0 amide bonds. The molecule has 110 valence electrons. The largest absolute Gasteiger partial charge is 0.364 e. The van der Waals surface area contributed by atoms with E-state index in [0.717, 1.165) is 28.8 Å². The number of nitrogens with one attached hydrogen (secondary N) is 1. The molecule has 1 unspecified atom stereocenters. The van der Waals surface area contributed by atoms with Gasteiger partial charge in [-0.3, -0.25) is 0 Å². The normalized spacial score (nSPS) is 25.9. The van der Waals surface area contributed by atoms with Gasteiger partial charge in [-0.15, -0.1) is 0 Å². The van der Waals surface area contributed by atoms with Gasteiger partial charge in [0.05, 0.1) is 10.7 Å². The highest BCUT2D eigenvalue weighted by Gasteiger charge is 2.39. The summed E-state index contributed by atoms with van der Waals surface area (Å²) in [5.41, 5.74) is 1.36. The molecule has 1 atom stereocenters. The van der Waals surface area contributed by atoms with Crippen LogP contribution in [0.25, 0.3) is 0 Å². The quantitative estimate of drug-likeness (QED) is 0.821. The van der Waals surface area contributed by atoms with Crippen molar-refractivity contribution in [3.05, 3.63) is 28.2 Å². The van der Waals surface area contributed by atoms with Crippen molar-refractivity contribution in [1.82, 2.24) is 5.32 Å². The maximum atomic E-state index is 6.40. The Balaban J connectivity index is 1.88. The highest BCUT2D eigenvalue weighted by atomic mass is 35.5. The average molecular weight is 313 g/mol. The Morgan fingerprint density at radius 1 is 1.20 bits per heavy atom. The van der Waals surface area contributed by atoms with Gasteiger partial charge in [-0.1, -0.05) is 42.5 Å². The Labute approximate surface area is 131 Å². The fourth-order valence-corrected chi connectivity index (χ4v) is 4.00. The van der Waals surface area contributed by atoms with Gasteiger partial charge in [0.2, 0.25) is 0 Å². The third-order valence-corrected chi connectivity index (χ3v) is 5.36. The number of benzene rings is 1. The number of nitrogens with zero attached hydrogens (tertiary/aromatic N) is 1. The molecule has 1 aliphatic heterocycles. The summed E-state index contributed by atoms with van der Waals surface area (Å²) in [7, 11) is 0. The van der Waals surface area contributed by atoms with E-state index in [9.17, 15) is 0 Å². The van der Waals surface area contributed by atoms with Crippen LogP contribution in [0.4, 0.5) is 5.69 Å². The summed E-state index contributed by atoms with van der Waals surface area (Å²) in [5.74, 6) is 0. The van der Waals surface area contributed by atoms with E-state index in [0.29, 0.717) is 6.04 Å². The molecule has 0 bridgehead atoms. The standard InChI is InChI=1S/C16H22Cl2N2/c1-12-10-19-16(7-3-2-4-8-16)11-20(12)15-9-13(17)5-6-14(15)18/h5-6,9,12,19H,2-4,7-8,10-11H2,1H3. The Morgan fingerprint density at radius 2 is 1.95 bits per heavy atom. The molecule has 1 heterocycles. The number of anilines is 1. The van der Waals surface area contributed by atoms with Gasteiger partial charge < -0.3 is 10.2 Å². The van der Waals surface area contributed by atoms with E-state index in [1.54, 1.807) is 0 Å². The average Bonchev–Trinajstić information content (AvgIpc) is 2.46. The Bertz CT molecular complexity index is 483. The summed E-state index contributed by atoms with van der Waals surface area (Å²) in [5, 5.41) is 5.36. The van der Waals surface area contributed by atoms with Gasteiger partial charge in [-0.05, 0) is 38.0 Å². The van der Waals surface area contributed by atoms with Crippen molar-refractivity contribution in [3.8, 4) is 0 Å². The number of hydrogen-bond donors (Lipinski definition) is 1. The first kappa shape index (κ1) is 14.5. The molecule has 4 heteroatoms. The van der Waals surface area contributed by atoms with Crippen LogP contribution in [0, 0.1) is 0 Å².